The second-order valence-electron chi connectivity index (χ2n) is 11.6. The van der Waals surface area contributed by atoms with Gasteiger partial charge in [0.15, 0.2) is 0 Å². The Morgan fingerprint density at radius 3 is 2.74 bits per heavy atom. The first-order chi connectivity index (χ1) is 20.6. The fourth-order valence-electron chi connectivity index (χ4n) is 6.45. The molecular formula is C33H34ClFN6O2. The Labute approximate surface area is 254 Å². The summed E-state index contributed by atoms with van der Waals surface area (Å²) in [6.07, 6.45) is 3.65. The third kappa shape index (κ3) is 4.76. The van der Waals surface area contributed by atoms with E-state index >= 15 is 4.39 Å². The molecule has 6 rings (SSSR count). The molecule has 222 valence electrons. The number of piperazine rings is 1. The SMILES string of the molecule is C=CC(=O)N1CCN(c2nc(=O)n(-c3c(C)ccnc3C(C)C)c3c4c(c(Cl)cc23)-c2c(F)cccc2CCN4)[C@@H](C)C1. The highest BCUT2D eigenvalue weighted by Gasteiger charge is 2.32. The van der Waals surface area contributed by atoms with E-state index in [0.29, 0.717) is 76.8 Å². The van der Waals surface area contributed by atoms with Crippen molar-refractivity contribution in [3.05, 3.63) is 87.3 Å². The van der Waals surface area contributed by atoms with Crippen LogP contribution in [0.4, 0.5) is 15.9 Å². The average Bonchev–Trinajstić information content (AvgIpc) is 3.18. The average molecular weight is 601 g/mol. The zero-order valence-electron chi connectivity index (χ0n) is 24.7. The van der Waals surface area contributed by atoms with Crippen LogP contribution in [-0.2, 0) is 11.2 Å². The summed E-state index contributed by atoms with van der Waals surface area (Å²) in [7, 11) is 0. The molecule has 0 saturated carbocycles. The Morgan fingerprint density at radius 1 is 1.23 bits per heavy atom. The minimum Gasteiger partial charge on any atom is -0.382 e. The van der Waals surface area contributed by atoms with Crippen LogP contribution in [0.5, 0.6) is 0 Å². The van der Waals surface area contributed by atoms with E-state index in [0.717, 1.165) is 16.8 Å². The fraction of sp³-hybridized carbons (Fsp3) is 0.333. The number of benzene rings is 2. The Morgan fingerprint density at radius 2 is 2.02 bits per heavy atom. The van der Waals surface area contributed by atoms with E-state index in [1.807, 2.05) is 44.7 Å². The van der Waals surface area contributed by atoms with Crippen LogP contribution in [0.15, 0.2) is 54.0 Å². The minimum absolute atomic E-state index is 0.0176. The molecule has 0 unspecified atom stereocenters. The van der Waals surface area contributed by atoms with Gasteiger partial charge in [-0.1, -0.05) is 44.2 Å². The summed E-state index contributed by atoms with van der Waals surface area (Å²) in [6.45, 7) is 13.5. The van der Waals surface area contributed by atoms with Crippen LogP contribution in [0.25, 0.3) is 27.7 Å². The fourth-order valence-corrected chi connectivity index (χ4v) is 6.75. The third-order valence-corrected chi connectivity index (χ3v) is 8.76. The summed E-state index contributed by atoms with van der Waals surface area (Å²) < 4.78 is 17.2. The van der Waals surface area contributed by atoms with Crippen LogP contribution in [0.2, 0.25) is 5.02 Å². The molecule has 4 heterocycles. The molecule has 10 heteroatoms. The molecule has 1 fully saturated rings. The van der Waals surface area contributed by atoms with Crippen molar-refractivity contribution in [1.29, 1.82) is 0 Å². The normalized spacial score (nSPS) is 16.5. The number of fused-ring (bicyclic) bond motifs is 5. The molecule has 1 atom stereocenters. The van der Waals surface area contributed by atoms with Gasteiger partial charge in [-0.2, -0.15) is 4.98 Å². The first kappa shape index (κ1) is 28.9. The molecule has 1 saturated heterocycles. The van der Waals surface area contributed by atoms with Gasteiger partial charge in [0.25, 0.3) is 0 Å². The van der Waals surface area contributed by atoms with Gasteiger partial charge in [-0.25, -0.2) is 9.18 Å². The van der Waals surface area contributed by atoms with Crippen molar-refractivity contribution in [1.82, 2.24) is 19.4 Å². The number of rotatable bonds is 4. The molecule has 2 aromatic heterocycles. The number of aryl methyl sites for hydroxylation is 1. The van der Waals surface area contributed by atoms with Gasteiger partial charge in [0.1, 0.15) is 11.6 Å². The molecule has 0 spiro atoms. The molecule has 0 bridgehead atoms. The zero-order chi connectivity index (χ0) is 30.6. The van der Waals surface area contributed by atoms with Crippen molar-refractivity contribution >= 4 is 39.9 Å². The van der Waals surface area contributed by atoms with E-state index in [1.165, 1.54) is 12.1 Å². The standard InChI is InChI=1S/C33H34ClFN6O2/c1-6-25(42)39-14-15-40(20(5)17-39)32-22-16-23(34)27-26-21(8-7-9-24(26)35)11-13-37-29(27)31(22)41(33(43)38-32)30-19(4)10-12-36-28(30)18(2)3/h6-10,12,16,18,20,37H,1,11,13-15,17H2,2-5H3/t20-/m0/s1. The van der Waals surface area contributed by atoms with E-state index in [4.69, 9.17) is 11.6 Å². The van der Waals surface area contributed by atoms with Gasteiger partial charge in [-0.3, -0.25) is 14.3 Å². The second kappa shape index (κ2) is 11.1. The number of pyridine rings is 1. The Bertz CT molecular complexity index is 1850. The molecule has 4 aromatic rings. The van der Waals surface area contributed by atoms with Crippen LogP contribution in [0.3, 0.4) is 0 Å². The van der Waals surface area contributed by atoms with Crippen molar-refractivity contribution in [2.24, 2.45) is 0 Å². The lowest BCUT2D eigenvalue weighted by Gasteiger charge is -2.40. The van der Waals surface area contributed by atoms with E-state index in [1.54, 1.807) is 27.8 Å². The summed E-state index contributed by atoms with van der Waals surface area (Å²) in [4.78, 5) is 39.8. The quantitative estimate of drug-likeness (QED) is 0.295. The maximum atomic E-state index is 15.6. The maximum Gasteiger partial charge on any atom is 0.354 e. The highest BCUT2D eigenvalue weighted by molar-refractivity contribution is 6.36. The highest BCUT2D eigenvalue weighted by atomic mass is 35.5. The molecule has 0 aliphatic carbocycles. The molecule has 43 heavy (non-hydrogen) atoms. The summed E-state index contributed by atoms with van der Waals surface area (Å²) in [5, 5.41) is 4.53. The Hall–Kier alpha value is -4.24. The zero-order valence-corrected chi connectivity index (χ0v) is 25.5. The van der Waals surface area contributed by atoms with Crippen LogP contribution in [0, 0.1) is 12.7 Å². The number of aromatic nitrogens is 3. The summed E-state index contributed by atoms with van der Waals surface area (Å²) >= 11 is 7.06. The van der Waals surface area contributed by atoms with E-state index in [2.05, 4.69) is 21.9 Å². The van der Waals surface area contributed by atoms with Gasteiger partial charge in [0.05, 0.1) is 27.6 Å². The van der Waals surface area contributed by atoms with Crippen molar-refractivity contribution in [3.8, 4) is 16.8 Å². The van der Waals surface area contributed by atoms with Crippen molar-refractivity contribution < 1.29 is 9.18 Å². The number of carbonyl (C=O) groups excluding carboxylic acids is 1. The molecule has 2 aliphatic rings. The van der Waals surface area contributed by atoms with Crippen molar-refractivity contribution in [2.75, 3.05) is 36.4 Å². The number of amides is 1. The second-order valence-corrected chi connectivity index (χ2v) is 12.0. The Balaban J connectivity index is 1.72. The first-order valence-electron chi connectivity index (χ1n) is 14.6. The smallest absolute Gasteiger partial charge is 0.354 e. The van der Waals surface area contributed by atoms with E-state index in [-0.39, 0.29) is 23.7 Å². The van der Waals surface area contributed by atoms with Crippen LogP contribution >= 0.6 is 11.6 Å². The first-order valence-corrected chi connectivity index (χ1v) is 14.9. The number of hydrogen-bond acceptors (Lipinski definition) is 6. The van der Waals surface area contributed by atoms with Crippen LogP contribution in [-0.4, -0.2) is 57.6 Å². The van der Waals surface area contributed by atoms with Gasteiger partial charge >= 0.3 is 5.69 Å². The van der Waals surface area contributed by atoms with Gasteiger partial charge in [0, 0.05) is 54.9 Å². The van der Waals surface area contributed by atoms with Crippen LogP contribution < -0.4 is 15.9 Å². The number of carbonyl (C=O) groups is 1. The summed E-state index contributed by atoms with van der Waals surface area (Å²) in [6, 6.07) is 8.59. The Kier molecular flexibility index (Phi) is 7.46. The number of hydrogen-bond donors (Lipinski definition) is 1. The van der Waals surface area contributed by atoms with Crippen LogP contribution in [0.1, 0.15) is 43.5 Å². The molecule has 2 aromatic carbocycles. The summed E-state index contributed by atoms with van der Waals surface area (Å²) in [5.74, 6) is -0.00848. The maximum absolute atomic E-state index is 15.6. The minimum atomic E-state index is -0.471. The molecule has 2 aliphatic heterocycles. The number of anilines is 2. The lowest BCUT2D eigenvalue weighted by molar-refractivity contribution is -0.126. The highest BCUT2D eigenvalue weighted by Crippen LogP contribution is 2.46. The lowest BCUT2D eigenvalue weighted by Crippen LogP contribution is -2.54. The summed E-state index contributed by atoms with van der Waals surface area (Å²) in [5.41, 5.74) is 4.76. The molecular weight excluding hydrogens is 567 g/mol. The lowest BCUT2D eigenvalue weighted by atomic mass is 9.95. The predicted octanol–water partition coefficient (Wildman–Crippen LogP) is 5.86. The third-order valence-electron chi connectivity index (χ3n) is 8.47. The topological polar surface area (TPSA) is 83.4 Å². The predicted molar refractivity (Wildman–Crippen MR) is 170 cm³/mol. The van der Waals surface area contributed by atoms with Gasteiger partial charge in [0.2, 0.25) is 5.91 Å². The van der Waals surface area contributed by atoms with E-state index in [9.17, 15) is 9.59 Å². The van der Waals surface area contributed by atoms with E-state index < -0.39 is 5.69 Å². The van der Waals surface area contributed by atoms with Crippen molar-refractivity contribution in [2.45, 2.75) is 46.1 Å². The van der Waals surface area contributed by atoms with Crippen molar-refractivity contribution in [3.63, 3.8) is 0 Å². The number of nitrogens with zero attached hydrogens (tertiary/aromatic N) is 5. The number of halogens is 2. The largest absolute Gasteiger partial charge is 0.382 e. The molecule has 1 amide bonds. The van der Waals surface area contributed by atoms with Gasteiger partial charge < -0.3 is 15.1 Å². The monoisotopic (exact) mass is 600 g/mol. The van der Waals surface area contributed by atoms with Gasteiger partial charge in [-0.05, 0) is 61.6 Å². The molecule has 0 radical (unpaired) electrons. The number of nitrogens with one attached hydrogen (secondary N) is 1. The molecule has 1 N–H and O–H groups in total. The van der Waals surface area contributed by atoms with Gasteiger partial charge in [-0.15, -0.1) is 0 Å². The molecule has 8 nitrogen and oxygen atoms in total.